The summed E-state index contributed by atoms with van der Waals surface area (Å²) in [6.45, 7) is 3.20. The number of thiazole rings is 1. The van der Waals surface area contributed by atoms with Crippen molar-refractivity contribution in [3.8, 4) is 11.9 Å². The predicted molar refractivity (Wildman–Crippen MR) is 162 cm³/mol. The zero-order valence-corrected chi connectivity index (χ0v) is 24.9. The highest BCUT2D eigenvalue weighted by Gasteiger charge is 2.58. The molecule has 9 nitrogen and oxygen atoms in total. The number of likely N-dealkylation sites (tertiary alicyclic amines) is 1. The number of piperidine rings is 1. The highest BCUT2D eigenvalue weighted by molar-refractivity contribution is 7.09. The van der Waals surface area contributed by atoms with E-state index in [1.807, 2.05) is 36.0 Å². The van der Waals surface area contributed by atoms with Gasteiger partial charge in [-0.2, -0.15) is 5.26 Å². The van der Waals surface area contributed by atoms with Crippen LogP contribution in [0.5, 0.6) is 5.88 Å². The summed E-state index contributed by atoms with van der Waals surface area (Å²) < 4.78 is 27.3. The molecule has 2 unspecified atom stereocenters. The molecular formula is C33H29FN6O3S. The van der Waals surface area contributed by atoms with E-state index in [0.29, 0.717) is 36.0 Å². The number of nitriles is 1. The maximum absolute atomic E-state index is 14.3. The summed E-state index contributed by atoms with van der Waals surface area (Å²) in [5, 5.41) is 8.98. The molecule has 3 aromatic heterocycles. The Morgan fingerprint density at radius 3 is 2.86 bits per heavy atom. The molecule has 1 aliphatic heterocycles. The SMILES string of the molecule is COC(=O)c1ccc2nc(CN3CCC4(c5cccc(OCc6ccc(C#N)cc6F)n5)CC4C3)n(Cc3cncs3)c2c1. The number of methoxy groups -OCH3 is 1. The smallest absolute Gasteiger partial charge is 0.337 e. The number of aromatic nitrogens is 4. The molecular weight excluding hydrogens is 579 g/mol. The van der Waals surface area contributed by atoms with Crippen LogP contribution in [0.4, 0.5) is 4.39 Å². The molecule has 2 aliphatic rings. The van der Waals surface area contributed by atoms with Gasteiger partial charge in [0.25, 0.3) is 0 Å². The molecule has 44 heavy (non-hydrogen) atoms. The number of hydrogen-bond donors (Lipinski definition) is 0. The van der Waals surface area contributed by atoms with Gasteiger partial charge in [-0.05, 0) is 61.7 Å². The van der Waals surface area contributed by atoms with E-state index in [0.717, 1.165) is 53.4 Å². The van der Waals surface area contributed by atoms with E-state index >= 15 is 0 Å². The number of carbonyl (C=O) groups excluding carboxylic acids is 1. The number of imidazole rings is 1. The summed E-state index contributed by atoms with van der Waals surface area (Å²) in [6.07, 6.45) is 3.90. The number of esters is 1. The Hall–Kier alpha value is -4.66. The van der Waals surface area contributed by atoms with Crippen LogP contribution in [-0.4, -0.2) is 50.6 Å². The molecule has 0 N–H and O–H groups in total. The molecule has 5 aromatic rings. The van der Waals surface area contributed by atoms with Gasteiger partial charge in [-0.1, -0.05) is 12.1 Å². The molecule has 2 fully saturated rings. The molecule has 11 heteroatoms. The average molecular weight is 609 g/mol. The van der Waals surface area contributed by atoms with Crippen molar-refractivity contribution in [1.82, 2.24) is 24.4 Å². The second-order valence-corrected chi connectivity index (χ2v) is 12.4. The van der Waals surface area contributed by atoms with Crippen molar-refractivity contribution in [2.45, 2.75) is 38.0 Å². The highest BCUT2D eigenvalue weighted by atomic mass is 32.1. The van der Waals surface area contributed by atoms with Gasteiger partial charge in [-0.3, -0.25) is 9.88 Å². The molecule has 0 radical (unpaired) electrons. The Morgan fingerprint density at radius 2 is 2.09 bits per heavy atom. The molecule has 1 saturated carbocycles. The van der Waals surface area contributed by atoms with Crippen LogP contribution in [0.1, 0.15) is 50.7 Å². The average Bonchev–Trinajstić information content (AvgIpc) is 3.37. The molecule has 0 amide bonds. The third kappa shape index (κ3) is 5.31. The van der Waals surface area contributed by atoms with Crippen LogP contribution in [0.3, 0.4) is 0 Å². The third-order valence-electron chi connectivity index (χ3n) is 8.79. The van der Waals surface area contributed by atoms with Crippen molar-refractivity contribution >= 4 is 28.3 Å². The summed E-state index contributed by atoms with van der Waals surface area (Å²) in [7, 11) is 1.39. The van der Waals surface area contributed by atoms with E-state index in [4.69, 9.17) is 24.7 Å². The van der Waals surface area contributed by atoms with Crippen molar-refractivity contribution in [3.63, 3.8) is 0 Å². The van der Waals surface area contributed by atoms with Crippen molar-refractivity contribution in [2.75, 3.05) is 20.2 Å². The van der Waals surface area contributed by atoms with E-state index in [9.17, 15) is 9.18 Å². The summed E-state index contributed by atoms with van der Waals surface area (Å²) in [5.74, 6) is 1.06. The molecule has 7 rings (SSSR count). The van der Waals surface area contributed by atoms with Crippen molar-refractivity contribution in [3.05, 3.63) is 105 Å². The van der Waals surface area contributed by atoms with Crippen LogP contribution in [0, 0.1) is 23.1 Å². The minimum atomic E-state index is -0.460. The van der Waals surface area contributed by atoms with Gasteiger partial charge in [0.2, 0.25) is 5.88 Å². The van der Waals surface area contributed by atoms with Crippen LogP contribution < -0.4 is 4.74 Å². The molecule has 1 saturated heterocycles. The first-order chi connectivity index (χ1) is 21.5. The van der Waals surface area contributed by atoms with Crippen LogP contribution >= 0.6 is 11.3 Å². The molecule has 2 aromatic carbocycles. The Labute approximate surface area is 257 Å². The number of ether oxygens (including phenoxy) is 2. The lowest BCUT2D eigenvalue weighted by molar-refractivity contribution is 0.0601. The first-order valence-corrected chi connectivity index (χ1v) is 15.3. The zero-order valence-electron chi connectivity index (χ0n) is 24.1. The lowest BCUT2D eigenvalue weighted by atomic mass is 9.91. The van der Waals surface area contributed by atoms with Crippen LogP contribution in [0.25, 0.3) is 11.0 Å². The van der Waals surface area contributed by atoms with Crippen LogP contribution in [0.2, 0.25) is 0 Å². The van der Waals surface area contributed by atoms with Crippen LogP contribution in [0.15, 0.2) is 66.3 Å². The predicted octanol–water partition coefficient (Wildman–Crippen LogP) is 5.48. The fourth-order valence-electron chi connectivity index (χ4n) is 6.32. The van der Waals surface area contributed by atoms with Gasteiger partial charge < -0.3 is 14.0 Å². The molecule has 4 heterocycles. The van der Waals surface area contributed by atoms with Gasteiger partial charge in [-0.15, -0.1) is 11.3 Å². The number of rotatable bonds is 9. The molecule has 2 atom stereocenters. The standard InChI is InChI=1S/C33H29FN6O3S/c1-42-32(41)22-7-8-27-28(12-22)40(17-25-15-36-20-44-25)30(37-27)18-39-10-9-33(13-24(33)16-39)29-3-2-4-31(38-29)43-19-23-6-5-21(14-35)11-26(23)34/h2-8,11-12,15,20,24H,9-10,13,16-19H2,1H3. The maximum atomic E-state index is 14.3. The van der Waals surface area contributed by atoms with E-state index in [1.54, 1.807) is 35.6 Å². The minimum absolute atomic E-state index is 0.0216. The number of nitrogens with zero attached hydrogens (tertiary/aromatic N) is 6. The lowest BCUT2D eigenvalue weighted by Gasteiger charge is -2.31. The lowest BCUT2D eigenvalue weighted by Crippen LogP contribution is -2.37. The quantitative estimate of drug-likeness (QED) is 0.203. The number of hydrogen-bond acceptors (Lipinski definition) is 9. The van der Waals surface area contributed by atoms with Crippen LogP contribution in [-0.2, 0) is 29.8 Å². The van der Waals surface area contributed by atoms with Crippen molar-refractivity contribution in [2.24, 2.45) is 5.92 Å². The Bertz CT molecular complexity index is 1900. The third-order valence-corrected chi connectivity index (χ3v) is 9.55. The van der Waals surface area contributed by atoms with E-state index in [-0.39, 0.29) is 23.6 Å². The number of benzene rings is 2. The van der Waals surface area contributed by atoms with Gasteiger partial charge in [0.05, 0.1) is 59.6 Å². The first kappa shape index (κ1) is 28.1. The summed E-state index contributed by atoms with van der Waals surface area (Å²) in [4.78, 5) is 29.9. The Morgan fingerprint density at radius 1 is 1.18 bits per heavy atom. The largest absolute Gasteiger partial charge is 0.473 e. The topological polar surface area (TPSA) is 106 Å². The number of halogens is 1. The maximum Gasteiger partial charge on any atom is 0.337 e. The van der Waals surface area contributed by atoms with Gasteiger partial charge in [0, 0.05) is 34.7 Å². The van der Waals surface area contributed by atoms with E-state index < -0.39 is 5.82 Å². The molecule has 1 aliphatic carbocycles. The van der Waals surface area contributed by atoms with E-state index in [2.05, 4.69) is 20.5 Å². The number of carbonyl (C=O) groups is 1. The second kappa shape index (κ2) is 11.4. The highest BCUT2D eigenvalue weighted by Crippen LogP contribution is 2.59. The normalized spacial score (nSPS) is 19.3. The van der Waals surface area contributed by atoms with Gasteiger partial charge in [0.1, 0.15) is 18.2 Å². The van der Waals surface area contributed by atoms with Gasteiger partial charge >= 0.3 is 5.97 Å². The fourth-order valence-corrected chi connectivity index (χ4v) is 6.90. The van der Waals surface area contributed by atoms with E-state index in [1.165, 1.54) is 13.2 Å². The number of fused-ring (bicyclic) bond motifs is 2. The summed E-state index contributed by atoms with van der Waals surface area (Å²) in [6, 6.07) is 17.6. The molecule has 222 valence electrons. The summed E-state index contributed by atoms with van der Waals surface area (Å²) >= 11 is 1.60. The first-order valence-electron chi connectivity index (χ1n) is 14.4. The number of pyridine rings is 1. The van der Waals surface area contributed by atoms with Gasteiger partial charge in [0.15, 0.2) is 0 Å². The Balaban J connectivity index is 1.06. The molecule has 0 spiro atoms. The van der Waals surface area contributed by atoms with Gasteiger partial charge in [-0.25, -0.2) is 19.2 Å². The minimum Gasteiger partial charge on any atom is -0.473 e. The zero-order chi connectivity index (χ0) is 30.3. The monoisotopic (exact) mass is 608 g/mol. The van der Waals surface area contributed by atoms with Crippen molar-refractivity contribution in [1.29, 1.82) is 5.26 Å². The summed E-state index contributed by atoms with van der Waals surface area (Å²) in [5.41, 5.74) is 5.77. The molecule has 0 bridgehead atoms. The fraction of sp³-hybridized carbons (Fsp3) is 0.303. The Kier molecular flexibility index (Phi) is 7.32. The second-order valence-electron chi connectivity index (χ2n) is 11.4. The van der Waals surface area contributed by atoms with Crippen molar-refractivity contribution < 1.29 is 18.7 Å².